The van der Waals surface area contributed by atoms with Gasteiger partial charge in [0, 0.05) is 6.54 Å². The van der Waals surface area contributed by atoms with Gasteiger partial charge in [-0.05, 0) is 12.0 Å². The molecule has 0 bridgehead atoms. The third-order valence-corrected chi connectivity index (χ3v) is 3.49. The van der Waals surface area contributed by atoms with Gasteiger partial charge in [-0.25, -0.2) is 9.67 Å². The maximum atomic E-state index is 5.91. The van der Waals surface area contributed by atoms with E-state index in [0.29, 0.717) is 11.6 Å². The minimum atomic E-state index is 0.316. The Morgan fingerprint density at radius 2 is 1.90 bits per heavy atom. The van der Waals surface area contributed by atoms with Crippen molar-refractivity contribution < 1.29 is 0 Å². The van der Waals surface area contributed by atoms with E-state index < -0.39 is 0 Å². The summed E-state index contributed by atoms with van der Waals surface area (Å²) in [6.07, 6.45) is 4.11. The summed E-state index contributed by atoms with van der Waals surface area (Å²) in [4.78, 5) is 8.60. The van der Waals surface area contributed by atoms with Crippen molar-refractivity contribution in [2.45, 2.75) is 13.0 Å². The number of benzene rings is 1. The first-order valence-corrected chi connectivity index (χ1v) is 6.67. The first-order chi connectivity index (χ1) is 10.3. The molecule has 7 heteroatoms. The Bertz CT molecular complexity index is 907. The molecule has 21 heavy (non-hydrogen) atoms. The van der Waals surface area contributed by atoms with Crippen LogP contribution < -0.4 is 5.73 Å². The average molecular weight is 279 g/mol. The van der Waals surface area contributed by atoms with Crippen molar-refractivity contribution in [3.8, 4) is 0 Å². The minimum absolute atomic E-state index is 0.316. The quantitative estimate of drug-likeness (QED) is 0.610. The Hall–Kier alpha value is -2.96. The lowest BCUT2D eigenvalue weighted by atomic mass is 10.1. The molecule has 0 radical (unpaired) electrons. The molecule has 2 N–H and O–H groups in total. The standard InChI is InChI=1S/C14H13N7/c15-14-19-13-11(12-16-9-18-21(12)14)8-17-20(13)7-6-10-4-2-1-3-5-10/h1-5,8-9H,6-7H2,(H2,15,19). The molecule has 1 aromatic carbocycles. The van der Waals surface area contributed by atoms with Crippen LogP contribution in [0.3, 0.4) is 0 Å². The lowest BCUT2D eigenvalue weighted by Gasteiger charge is -2.04. The smallest absolute Gasteiger partial charge is 0.225 e. The number of fused-ring (bicyclic) bond motifs is 3. The fraction of sp³-hybridized carbons (Fsp3) is 0.143. The molecule has 0 unspecified atom stereocenters. The predicted molar refractivity (Wildman–Crippen MR) is 78.6 cm³/mol. The van der Waals surface area contributed by atoms with Gasteiger partial charge in [-0.15, -0.1) is 0 Å². The van der Waals surface area contributed by atoms with Gasteiger partial charge < -0.3 is 5.73 Å². The van der Waals surface area contributed by atoms with Crippen LogP contribution in [0.1, 0.15) is 5.56 Å². The third kappa shape index (κ3) is 1.90. The van der Waals surface area contributed by atoms with E-state index in [1.54, 1.807) is 6.20 Å². The van der Waals surface area contributed by atoms with Crippen molar-refractivity contribution >= 4 is 22.6 Å². The molecule has 0 aliphatic heterocycles. The van der Waals surface area contributed by atoms with Crippen molar-refractivity contribution in [3.63, 3.8) is 0 Å². The molecule has 7 nitrogen and oxygen atoms in total. The molecule has 0 amide bonds. The third-order valence-electron chi connectivity index (χ3n) is 3.49. The number of hydrogen-bond acceptors (Lipinski definition) is 5. The number of rotatable bonds is 3. The zero-order valence-electron chi connectivity index (χ0n) is 11.2. The zero-order valence-corrected chi connectivity index (χ0v) is 11.2. The molecule has 0 aliphatic rings. The average Bonchev–Trinajstić information content (AvgIpc) is 3.13. The molecule has 0 fully saturated rings. The Labute approximate surface area is 120 Å². The van der Waals surface area contributed by atoms with Crippen LogP contribution in [0.15, 0.2) is 42.9 Å². The summed E-state index contributed by atoms with van der Waals surface area (Å²) >= 11 is 0. The predicted octanol–water partition coefficient (Wildman–Crippen LogP) is 1.30. The fourth-order valence-electron chi connectivity index (χ4n) is 2.45. The topological polar surface area (TPSA) is 86.9 Å². The fourth-order valence-corrected chi connectivity index (χ4v) is 2.45. The van der Waals surface area contributed by atoms with Gasteiger partial charge in [0.15, 0.2) is 11.3 Å². The van der Waals surface area contributed by atoms with Gasteiger partial charge in [0.1, 0.15) is 6.33 Å². The van der Waals surface area contributed by atoms with Crippen molar-refractivity contribution in [2.75, 3.05) is 5.73 Å². The van der Waals surface area contributed by atoms with Gasteiger partial charge in [-0.3, -0.25) is 0 Å². The van der Waals surface area contributed by atoms with Gasteiger partial charge >= 0.3 is 0 Å². The van der Waals surface area contributed by atoms with Gasteiger partial charge in [-0.1, -0.05) is 30.3 Å². The van der Waals surface area contributed by atoms with Crippen molar-refractivity contribution in [1.82, 2.24) is 29.4 Å². The molecule has 0 saturated carbocycles. The number of aryl methyl sites for hydroxylation is 2. The van der Waals surface area contributed by atoms with Gasteiger partial charge in [0.25, 0.3) is 0 Å². The molecule has 3 heterocycles. The molecule has 104 valence electrons. The Morgan fingerprint density at radius 3 is 2.76 bits per heavy atom. The molecule has 0 saturated heterocycles. The SMILES string of the molecule is Nc1nc2c(cnn2CCc2ccccc2)c2ncnn12. The second-order valence-corrected chi connectivity index (χ2v) is 4.81. The normalized spacial score (nSPS) is 11.4. The molecule has 0 atom stereocenters. The second kappa shape index (κ2) is 4.55. The van der Waals surface area contributed by atoms with Crippen LogP contribution in [-0.4, -0.2) is 29.4 Å². The molecular formula is C14H13N7. The van der Waals surface area contributed by atoms with Crippen LogP contribution in [-0.2, 0) is 13.0 Å². The van der Waals surface area contributed by atoms with E-state index in [4.69, 9.17) is 5.73 Å². The maximum Gasteiger partial charge on any atom is 0.225 e. The zero-order chi connectivity index (χ0) is 14.2. The summed E-state index contributed by atoms with van der Waals surface area (Å²) in [5.41, 5.74) is 8.60. The lowest BCUT2D eigenvalue weighted by Crippen LogP contribution is -2.07. The van der Waals surface area contributed by atoms with E-state index in [-0.39, 0.29) is 0 Å². The molecular weight excluding hydrogens is 266 g/mol. The molecule has 0 spiro atoms. The van der Waals surface area contributed by atoms with Crippen molar-refractivity contribution in [2.24, 2.45) is 0 Å². The maximum absolute atomic E-state index is 5.91. The highest BCUT2D eigenvalue weighted by molar-refractivity contribution is 5.89. The molecule has 4 rings (SSSR count). The van der Waals surface area contributed by atoms with Crippen LogP contribution >= 0.6 is 0 Å². The molecule has 3 aromatic heterocycles. The number of nitrogens with two attached hydrogens (primary N) is 1. The summed E-state index contributed by atoms with van der Waals surface area (Å²) in [7, 11) is 0. The second-order valence-electron chi connectivity index (χ2n) is 4.81. The number of aromatic nitrogens is 6. The summed E-state index contributed by atoms with van der Waals surface area (Å²) < 4.78 is 3.37. The number of nitrogen functional groups attached to an aromatic ring is 1. The van der Waals surface area contributed by atoms with E-state index in [9.17, 15) is 0 Å². The lowest BCUT2D eigenvalue weighted by molar-refractivity contribution is 0.629. The van der Waals surface area contributed by atoms with Crippen LogP contribution in [0.25, 0.3) is 16.7 Å². The largest absolute Gasteiger partial charge is 0.368 e. The van der Waals surface area contributed by atoms with Crippen LogP contribution in [0.4, 0.5) is 5.95 Å². The monoisotopic (exact) mass is 279 g/mol. The Morgan fingerprint density at radius 1 is 1.05 bits per heavy atom. The van der Waals surface area contributed by atoms with Gasteiger partial charge in [0.2, 0.25) is 5.95 Å². The molecule has 4 aromatic rings. The Balaban J connectivity index is 1.74. The summed E-state index contributed by atoms with van der Waals surface area (Å²) in [6, 6.07) is 10.3. The number of anilines is 1. The van der Waals surface area contributed by atoms with E-state index in [1.807, 2.05) is 22.9 Å². The highest BCUT2D eigenvalue weighted by Crippen LogP contribution is 2.18. The van der Waals surface area contributed by atoms with E-state index in [2.05, 4.69) is 32.3 Å². The van der Waals surface area contributed by atoms with Crippen molar-refractivity contribution in [3.05, 3.63) is 48.4 Å². The summed E-state index contributed by atoms with van der Waals surface area (Å²) in [6.45, 7) is 0.740. The van der Waals surface area contributed by atoms with E-state index in [1.165, 1.54) is 16.4 Å². The molecule has 0 aliphatic carbocycles. The summed E-state index contributed by atoms with van der Waals surface area (Å²) in [5, 5.41) is 9.31. The highest BCUT2D eigenvalue weighted by Gasteiger charge is 2.12. The van der Waals surface area contributed by atoms with Crippen LogP contribution in [0.2, 0.25) is 0 Å². The minimum Gasteiger partial charge on any atom is -0.368 e. The number of hydrogen-bond donors (Lipinski definition) is 1. The van der Waals surface area contributed by atoms with Gasteiger partial charge in [-0.2, -0.15) is 19.7 Å². The van der Waals surface area contributed by atoms with Gasteiger partial charge in [0.05, 0.1) is 11.6 Å². The van der Waals surface area contributed by atoms with Crippen LogP contribution in [0.5, 0.6) is 0 Å². The van der Waals surface area contributed by atoms with E-state index >= 15 is 0 Å². The first-order valence-electron chi connectivity index (χ1n) is 6.67. The first kappa shape index (κ1) is 11.8. The highest BCUT2D eigenvalue weighted by atomic mass is 15.4. The van der Waals surface area contributed by atoms with Crippen molar-refractivity contribution in [1.29, 1.82) is 0 Å². The number of nitrogens with zero attached hydrogens (tertiary/aromatic N) is 6. The van der Waals surface area contributed by atoms with Crippen LogP contribution in [0, 0.1) is 0 Å². The Kier molecular flexibility index (Phi) is 2.56. The summed E-state index contributed by atoms with van der Waals surface area (Å²) in [5.74, 6) is 0.316. The van der Waals surface area contributed by atoms with E-state index in [0.717, 1.165) is 24.0 Å².